The lowest BCUT2D eigenvalue weighted by molar-refractivity contribution is 0.529. The Morgan fingerprint density at radius 3 is 2.48 bits per heavy atom. The number of nitrogens with one attached hydrogen (secondary N) is 1. The SMILES string of the molecule is CCCNC(Cc1ccc(Cl)cc1)c1cccc(Br)c1Cl. The van der Waals surface area contributed by atoms with Crippen LogP contribution in [0, 0.1) is 0 Å². The van der Waals surface area contributed by atoms with Crippen LogP contribution in [-0.2, 0) is 6.42 Å². The van der Waals surface area contributed by atoms with Gasteiger partial charge in [-0.05, 0) is 64.6 Å². The summed E-state index contributed by atoms with van der Waals surface area (Å²) < 4.78 is 0.932. The second-order valence-electron chi connectivity index (χ2n) is 4.98. The molecule has 2 rings (SSSR count). The van der Waals surface area contributed by atoms with Gasteiger partial charge in [0.15, 0.2) is 0 Å². The standard InChI is InChI=1S/C17H18BrCl2N/c1-2-10-21-16(11-12-6-8-13(19)9-7-12)14-4-3-5-15(18)17(14)20/h3-9,16,21H,2,10-11H2,1H3. The van der Waals surface area contributed by atoms with Gasteiger partial charge in [-0.25, -0.2) is 0 Å². The zero-order chi connectivity index (χ0) is 15.2. The maximum Gasteiger partial charge on any atom is 0.0595 e. The van der Waals surface area contributed by atoms with Gasteiger partial charge in [-0.1, -0.05) is 54.4 Å². The molecule has 1 atom stereocenters. The molecule has 0 radical (unpaired) electrons. The summed E-state index contributed by atoms with van der Waals surface area (Å²) in [6.45, 7) is 3.12. The fraction of sp³-hybridized carbons (Fsp3) is 0.294. The normalized spacial score (nSPS) is 12.4. The van der Waals surface area contributed by atoms with Crippen molar-refractivity contribution >= 4 is 39.1 Å². The molecular formula is C17H18BrCl2N. The predicted molar refractivity (Wildman–Crippen MR) is 95.3 cm³/mol. The lowest BCUT2D eigenvalue weighted by Gasteiger charge is -2.21. The zero-order valence-electron chi connectivity index (χ0n) is 11.9. The number of halogens is 3. The van der Waals surface area contributed by atoms with Crippen molar-refractivity contribution in [3.8, 4) is 0 Å². The highest BCUT2D eigenvalue weighted by atomic mass is 79.9. The summed E-state index contributed by atoms with van der Waals surface area (Å²) in [4.78, 5) is 0. The Bertz CT molecular complexity index is 584. The first-order chi connectivity index (χ1) is 10.1. The summed E-state index contributed by atoms with van der Waals surface area (Å²) in [6.07, 6.45) is 1.97. The van der Waals surface area contributed by atoms with Crippen molar-refractivity contribution in [2.75, 3.05) is 6.54 Å². The van der Waals surface area contributed by atoms with Gasteiger partial charge in [-0.15, -0.1) is 0 Å². The molecule has 0 aliphatic carbocycles. The van der Waals surface area contributed by atoms with E-state index < -0.39 is 0 Å². The number of rotatable bonds is 6. The highest BCUT2D eigenvalue weighted by Gasteiger charge is 2.16. The third-order valence-electron chi connectivity index (χ3n) is 3.35. The van der Waals surface area contributed by atoms with Crippen LogP contribution in [0.3, 0.4) is 0 Å². The smallest absolute Gasteiger partial charge is 0.0595 e. The van der Waals surface area contributed by atoms with Gasteiger partial charge in [0.1, 0.15) is 0 Å². The van der Waals surface area contributed by atoms with E-state index in [1.165, 1.54) is 5.56 Å². The van der Waals surface area contributed by atoms with E-state index in [9.17, 15) is 0 Å². The molecule has 1 unspecified atom stereocenters. The minimum atomic E-state index is 0.191. The van der Waals surface area contributed by atoms with Crippen molar-refractivity contribution in [3.05, 3.63) is 68.1 Å². The summed E-state index contributed by atoms with van der Waals surface area (Å²) in [5.41, 5.74) is 2.36. The molecule has 0 saturated heterocycles. The Morgan fingerprint density at radius 2 is 1.81 bits per heavy atom. The fourth-order valence-electron chi connectivity index (χ4n) is 2.26. The van der Waals surface area contributed by atoms with Crippen molar-refractivity contribution in [2.24, 2.45) is 0 Å². The van der Waals surface area contributed by atoms with E-state index in [1.807, 2.05) is 24.3 Å². The molecule has 4 heteroatoms. The van der Waals surface area contributed by atoms with E-state index in [4.69, 9.17) is 23.2 Å². The van der Waals surface area contributed by atoms with E-state index in [0.29, 0.717) is 0 Å². The molecule has 0 aliphatic rings. The Kier molecular flexibility index (Phi) is 6.56. The molecule has 0 heterocycles. The van der Waals surface area contributed by atoms with Crippen LogP contribution >= 0.6 is 39.1 Å². The fourth-order valence-corrected chi connectivity index (χ4v) is 3.02. The topological polar surface area (TPSA) is 12.0 Å². The van der Waals surface area contributed by atoms with Gasteiger partial charge in [-0.3, -0.25) is 0 Å². The number of hydrogen-bond donors (Lipinski definition) is 1. The first kappa shape index (κ1) is 16.8. The second kappa shape index (κ2) is 8.19. The average molecular weight is 387 g/mol. The van der Waals surface area contributed by atoms with Gasteiger partial charge >= 0.3 is 0 Å². The van der Waals surface area contributed by atoms with Crippen LogP contribution in [0.25, 0.3) is 0 Å². The van der Waals surface area contributed by atoms with Gasteiger partial charge in [0.25, 0.3) is 0 Å². The predicted octanol–water partition coefficient (Wildman–Crippen LogP) is 6.04. The summed E-state index contributed by atoms with van der Waals surface area (Å²) in [5, 5.41) is 5.12. The molecule has 0 fully saturated rings. The first-order valence-corrected chi connectivity index (χ1v) is 8.58. The Hall–Kier alpha value is -0.540. The summed E-state index contributed by atoms with van der Waals surface area (Å²) >= 11 is 15.9. The maximum absolute atomic E-state index is 6.45. The molecule has 2 aromatic carbocycles. The molecule has 0 amide bonds. The maximum atomic E-state index is 6.45. The minimum absolute atomic E-state index is 0.191. The third-order valence-corrected chi connectivity index (χ3v) is 4.91. The van der Waals surface area contributed by atoms with Crippen LogP contribution in [0.4, 0.5) is 0 Å². The van der Waals surface area contributed by atoms with E-state index >= 15 is 0 Å². The molecule has 0 aliphatic heterocycles. The molecule has 1 nitrogen and oxygen atoms in total. The van der Waals surface area contributed by atoms with E-state index in [1.54, 1.807) is 0 Å². The third kappa shape index (κ3) is 4.72. The van der Waals surface area contributed by atoms with Gasteiger partial charge in [0.05, 0.1) is 5.02 Å². The molecule has 0 saturated carbocycles. The van der Waals surface area contributed by atoms with E-state index in [0.717, 1.165) is 39.5 Å². The minimum Gasteiger partial charge on any atom is -0.310 e. The van der Waals surface area contributed by atoms with Crippen molar-refractivity contribution < 1.29 is 0 Å². The highest BCUT2D eigenvalue weighted by molar-refractivity contribution is 9.10. The van der Waals surface area contributed by atoms with Crippen LogP contribution in [-0.4, -0.2) is 6.54 Å². The summed E-state index contributed by atoms with van der Waals surface area (Å²) in [7, 11) is 0. The van der Waals surface area contributed by atoms with Crippen LogP contribution in [0.5, 0.6) is 0 Å². The molecule has 0 aromatic heterocycles. The van der Waals surface area contributed by atoms with Gasteiger partial charge in [0, 0.05) is 15.5 Å². The second-order valence-corrected chi connectivity index (χ2v) is 6.65. The summed E-state index contributed by atoms with van der Waals surface area (Å²) in [5.74, 6) is 0. The summed E-state index contributed by atoms with van der Waals surface area (Å²) in [6, 6.07) is 14.2. The average Bonchev–Trinajstić information content (AvgIpc) is 2.48. The number of hydrogen-bond acceptors (Lipinski definition) is 1. The molecule has 21 heavy (non-hydrogen) atoms. The Morgan fingerprint density at radius 1 is 1.10 bits per heavy atom. The van der Waals surface area contributed by atoms with Gasteiger partial charge in [0.2, 0.25) is 0 Å². The quantitative estimate of drug-likeness (QED) is 0.638. The lowest BCUT2D eigenvalue weighted by atomic mass is 9.98. The van der Waals surface area contributed by atoms with Crippen molar-refractivity contribution in [3.63, 3.8) is 0 Å². The monoisotopic (exact) mass is 385 g/mol. The first-order valence-electron chi connectivity index (χ1n) is 7.03. The molecule has 1 N–H and O–H groups in total. The molecule has 2 aromatic rings. The van der Waals surface area contributed by atoms with E-state index in [2.05, 4.69) is 46.4 Å². The van der Waals surface area contributed by atoms with Crippen LogP contribution in [0.2, 0.25) is 10.0 Å². The van der Waals surface area contributed by atoms with Gasteiger partial charge in [-0.2, -0.15) is 0 Å². The Balaban J connectivity index is 2.25. The van der Waals surface area contributed by atoms with Crippen LogP contribution in [0.15, 0.2) is 46.9 Å². The van der Waals surface area contributed by atoms with Crippen molar-refractivity contribution in [1.29, 1.82) is 0 Å². The number of benzene rings is 2. The van der Waals surface area contributed by atoms with E-state index in [-0.39, 0.29) is 6.04 Å². The van der Waals surface area contributed by atoms with Crippen molar-refractivity contribution in [1.82, 2.24) is 5.32 Å². The lowest BCUT2D eigenvalue weighted by Crippen LogP contribution is -2.24. The largest absolute Gasteiger partial charge is 0.310 e. The van der Waals surface area contributed by atoms with Crippen LogP contribution < -0.4 is 5.32 Å². The van der Waals surface area contributed by atoms with Crippen LogP contribution in [0.1, 0.15) is 30.5 Å². The molecular weight excluding hydrogens is 369 g/mol. The molecule has 0 spiro atoms. The van der Waals surface area contributed by atoms with Crippen molar-refractivity contribution in [2.45, 2.75) is 25.8 Å². The highest BCUT2D eigenvalue weighted by Crippen LogP contribution is 2.32. The van der Waals surface area contributed by atoms with Gasteiger partial charge < -0.3 is 5.32 Å². The zero-order valence-corrected chi connectivity index (χ0v) is 15.0. The molecule has 0 bridgehead atoms. The Labute approximate surface area is 144 Å². The molecule has 112 valence electrons.